The molecule has 2 aromatic rings. The Hall–Kier alpha value is -3.62. The lowest BCUT2D eigenvalue weighted by molar-refractivity contribution is -0.138. The van der Waals surface area contributed by atoms with E-state index >= 15 is 0 Å². The maximum Gasteiger partial charge on any atom is 0.416 e. The molecule has 1 aliphatic rings. The second-order valence-electron chi connectivity index (χ2n) is 9.06. The summed E-state index contributed by atoms with van der Waals surface area (Å²) in [6.07, 6.45) is 0.110. The van der Waals surface area contributed by atoms with Crippen molar-refractivity contribution >= 4 is 17.6 Å². The average Bonchev–Trinajstić information content (AvgIpc) is 2.86. The number of benzene rings is 2. The van der Waals surface area contributed by atoms with E-state index in [1.807, 2.05) is 19.1 Å². The number of aliphatic carboxylic acids is 1. The predicted molar refractivity (Wildman–Crippen MR) is 134 cm³/mol. The molecule has 0 fully saturated rings. The highest BCUT2D eigenvalue weighted by molar-refractivity contribution is 6.03. The number of halogens is 3. The van der Waals surface area contributed by atoms with E-state index < -0.39 is 17.7 Å². The Labute approximate surface area is 214 Å². The Bertz CT molecular complexity index is 1140. The third-order valence-corrected chi connectivity index (χ3v) is 6.11. The van der Waals surface area contributed by atoms with Gasteiger partial charge in [-0.3, -0.25) is 14.6 Å². The molecular weight excluding hydrogens is 485 g/mol. The van der Waals surface area contributed by atoms with Crippen LogP contribution >= 0.6 is 0 Å². The number of alkyl halides is 3. The van der Waals surface area contributed by atoms with Crippen molar-refractivity contribution in [3.05, 3.63) is 82.7 Å². The number of rotatable bonds is 11. The van der Waals surface area contributed by atoms with Crippen molar-refractivity contribution < 1.29 is 32.6 Å². The van der Waals surface area contributed by atoms with Crippen LogP contribution in [-0.2, 0) is 15.7 Å². The molecule has 1 heterocycles. The van der Waals surface area contributed by atoms with Crippen molar-refractivity contribution in [3.8, 4) is 0 Å². The van der Waals surface area contributed by atoms with Crippen LogP contribution < -0.4 is 5.32 Å². The molecule has 0 saturated carbocycles. The SMILES string of the molecule is CCCCC(OC1=CN=C(c2ccc(C(F)(F)F)cc2)C(C)C1)c1ccc(C(=O)NCCC(=O)O)cc1. The van der Waals surface area contributed by atoms with Crippen LogP contribution in [-0.4, -0.2) is 29.2 Å². The fraction of sp³-hybridized carbons (Fsp3) is 0.393. The van der Waals surface area contributed by atoms with Crippen molar-refractivity contribution in [3.63, 3.8) is 0 Å². The molecule has 6 nitrogen and oxygen atoms in total. The topological polar surface area (TPSA) is 88.0 Å². The summed E-state index contributed by atoms with van der Waals surface area (Å²) in [5.74, 6) is -0.665. The van der Waals surface area contributed by atoms with Gasteiger partial charge in [0.15, 0.2) is 0 Å². The van der Waals surface area contributed by atoms with Crippen LogP contribution in [0.15, 0.2) is 65.5 Å². The van der Waals surface area contributed by atoms with E-state index in [1.54, 1.807) is 18.3 Å². The number of hydrogen-bond acceptors (Lipinski definition) is 4. The molecule has 0 bridgehead atoms. The number of ether oxygens (including phenoxy) is 1. The molecule has 1 aliphatic heterocycles. The summed E-state index contributed by atoms with van der Waals surface area (Å²) in [5, 5.41) is 11.3. The van der Waals surface area contributed by atoms with Crippen molar-refractivity contribution in [1.82, 2.24) is 5.32 Å². The summed E-state index contributed by atoms with van der Waals surface area (Å²) in [5.41, 5.74) is 2.00. The largest absolute Gasteiger partial charge is 0.488 e. The number of nitrogens with zero attached hydrogens (tertiary/aromatic N) is 1. The molecular formula is C28H31F3N2O4. The number of nitrogens with one attached hydrogen (secondary N) is 1. The monoisotopic (exact) mass is 516 g/mol. The molecule has 9 heteroatoms. The van der Waals surface area contributed by atoms with Crippen molar-refractivity contribution in [2.75, 3.05) is 6.54 Å². The number of unbranched alkanes of at least 4 members (excludes halogenated alkanes) is 1. The zero-order valence-corrected chi connectivity index (χ0v) is 20.8. The predicted octanol–water partition coefficient (Wildman–Crippen LogP) is 6.53. The van der Waals surface area contributed by atoms with Gasteiger partial charge in [-0.05, 0) is 48.2 Å². The molecule has 0 aliphatic carbocycles. The van der Waals surface area contributed by atoms with E-state index in [-0.39, 0.29) is 30.9 Å². The van der Waals surface area contributed by atoms with Crippen LogP contribution in [0.3, 0.4) is 0 Å². The fourth-order valence-electron chi connectivity index (χ4n) is 4.09. The Morgan fingerprint density at radius 3 is 2.38 bits per heavy atom. The molecule has 0 aromatic heterocycles. The van der Waals surface area contributed by atoms with Gasteiger partial charge in [-0.15, -0.1) is 0 Å². The van der Waals surface area contributed by atoms with E-state index in [9.17, 15) is 22.8 Å². The normalized spacial score (nSPS) is 16.4. The lowest BCUT2D eigenvalue weighted by atomic mass is 9.92. The highest BCUT2D eigenvalue weighted by Crippen LogP contribution is 2.33. The van der Waals surface area contributed by atoms with Gasteiger partial charge in [0, 0.05) is 24.4 Å². The van der Waals surface area contributed by atoms with Crippen LogP contribution in [0.25, 0.3) is 0 Å². The Morgan fingerprint density at radius 2 is 1.81 bits per heavy atom. The van der Waals surface area contributed by atoms with Crippen LogP contribution in [0.5, 0.6) is 0 Å². The van der Waals surface area contributed by atoms with Crippen LogP contribution in [0.1, 0.15) is 79.1 Å². The first-order valence-corrected chi connectivity index (χ1v) is 12.3. The number of hydrogen-bond donors (Lipinski definition) is 2. The lowest BCUT2D eigenvalue weighted by Crippen LogP contribution is -2.26. The minimum atomic E-state index is -4.38. The molecule has 2 N–H and O–H groups in total. The van der Waals surface area contributed by atoms with Gasteiger partial charge in [-0.1, -0.05) is 44.5 Å². The number of carbonyl (C=O) groups is 2. The van der Waals surface area contributed by atoms with Crippen molar-refractivity contribution in [2.24, 2.45) is 10.9 Å². The molecule has 2 atom stereocenters. The van der Waals surface area contributed by atoms with Crippen molar-refractivity contribution in [1.29, 1.82) is 0 Å². The van der Waals surface area contributed by atoms with E-state index in [0.717, 1.165) is 37.0 Å². The van der Waals surface area contributed by atoms with Crippen molar-refractivity contribution in [2.45, 2.75) is 58.2 Å². The highest BCUT2D eigenvalue weighted by Gasteiger charge is 2.30. The molecule has 198 valence electrons. The van der Waals surface area contributed by atoms with E-state index in [4.69, 9.17) is 9.84 Å². The number of allylic oxidation sites excluding steroid dienone is 1. The molecule has 1 amide bonds. The Morgan fingerprint density at radius 1 is 1.14 bits per heavy atom. The summed E-state index contributed by atoms with van der Waals surface area (Å²) in [6, 6.07) is 12.1. The number of carbonyl (C=O) groups excluding carboxylic acids is 1. The summed E-state index contributed by atoms with van der Waals surface area (Å²) in [7, 11) is 0. The third-order valence-electron chi connectivity index (χ3n) is 6.11. The summed E-state index contributed by atoms with van der Waals surface area (Å²) >= 11 is 0. The van der Waals surface area contributed by atoms with Gasteiger partial charge in [0.2, 0.25) is 0 Å². The average molecular weight is 517 g/mol. The summed E-state index contributed by atoms with van der Waals surface area (Å²) < 4.78 is 45.0. The molecule has 2 aromatic carbocycles. The number of amides is 1. The van der Waals surface area contributed by atoms with Gasteiger partial charge >= 0.3 is 12.1 Å². The lowest BCUT2D eigenvalue weighted by Gasteiger charge is -2.26. The molecule has 0 saturated heterocycles. The molecule has 37 heavy (non-hydrogen) atoms. The van der Waals surface area contributed by atoms with Gasteiger partial charge in [0.25, 0.3) is 5.91 Å². The quantitative estimate of drug-likeness (QED) is 0.356. The van der Waals surface area contributed by atoms with Gasteiger partial charge in [-0.2, -0.15) is 13.2 Å². The number of carboxylic acid groups (broad SMARTS) is 1. The molecule has 2 unspecified atom stereocenters. The smallest absolute Gasteiger partial charge is 0.416 e. The zero-order valence-electron chi connectivity index (χ0n) is 20.8. The standard InChI is InChI=1S/C28H31F3N2O4/c1-3-4-5-24(19-6-8-21(9-7-19)27(36)32-15-14-25(34)35)37-23-16-18(2)26(33-17-23)20-10-12-22(13-11-20)28(29,30)31/h6-13,17-18,24H,3-5,14-16H2,1-2H3,(H,32,36)(H,34,35). The van der Waals surface area contributed by atoms with Gasteiger partial charge in [0.1, 0.15) is 11.9 Å². The number of carboxylic acids is 1. The van der Waals surface area contributed by atoms with E-state index in [0.29, 0.717) is 29.0 Å². The van der Waals surface area contributed by atoms with E-state index in [2.05, 4.69) is 17.2 Å². The number of aliphatic imine (C=N–C) groups is 1. The van der Waals surface area contributed by atoms with Crippen LogP contribution in [0.4, 0.5) is 13.2 Å². The summed E-state index contributed by atoms with van der Waals surface area (Å²) in [4.78, 5) is 27.4. The first-order chi connectivity index (χ1) is 17.6. The second-order valence-corrected chi connectivity index (χ2v) is 9.06. The zero-order chi connectivity index (χ0) is 27.0. The Balaban J connectivity index is 1.71. The fourth-order valence-corrected chi connectivity index (χ4v) is 4.09. The maximum atomic E-state index is 12.9. The maximum absolute atomic E-state index is 12.9. The summed E-state index contributed by atoms with van der Waals surface area (Å²) in [6.45, 7) is 4.11. The molecule has 0 spiro atoms. The first-order valence-electron chi connectivity index (χ1n) is 12.3. The molecule has 3 rings (SSSR count). The molecule has 0 radical (unpaired) electrons. The third kappa shape index (κ3) is 7.93. The Kier molecular flexibility index (Phi) is 9.49. The van der Waals surface area contributed by atoms with Crippen LogP contribution in [0, 0.1) is 5.92 Å². The minimum Gasteiger partial charge on any atom is -0.488 e. The van der Waals surface area contributed by atoms with Gasteiger partial charge in [0.05, 0.1) is 23.9 Å². The highest BCUT2D eigenvalue weighted by atomic mass is 19.4. The van der Waals surface area contributed by atoms with E-state index in [1.165, 1.54) is 12.1 Å². The van der Waals surface area contributed by atoms with Gasteiger partial charge < -0.3 is 15.2 Å². The van der Waals surface area contributed by atoms with Gasteiger partial charge in [-0.25, -0.2) is 0 Å². The second kappa shape index (κ2) is 12.6. The first kappa shape index (κ1) is 28.0. The van der Waals surface area contributed by atoms with Crippen LogP contribution in [0.2, 0.25) is 0 Å². The minimum absolute atomic E-state index is 0.0413.